The highest BCUT2D eigenvalue weighted by molar-refractivity contribution is 7.99. The van der Waals surface area contributed by atoms with Crippen molar-refractivity contribution >= 4 is 44.9 Å². The zero-order valence-corrected chi connectivity index (χ0v) is 17.1. The SMILES string of the molecule is Nc1c(-c2nnc(SCC(=O)NC3CC3)n2C2CCCC2)sc2ncccc12. The van der Waals surface area contributed by atoms with Crippen molar-refractivity contribution in [3.63, 3.8) is 0 Å². The third kappa shape index (κ3) is 3.37. The maximum Gasteiger partial charge on any atom is 0.230 e. The van der Waals surface area contributed by atoms with E-state index in [9.17, 15) is 4.79 Å². The van der Waals surface area contributed by atoms with Crippen LogP contribution in [0, 0.1) is 0 Å². The Morgan fingerprint density at radius 3 is 2.86 bits per heavy atom. The summed E-state index contributed by atoms with van der Waals surface area (Å²) in [5.74, 6) is 1.24. The predicted octanol–water partition coefficient (Wildman–Crippen LogP) is 3.62. The van der Waals surface area contributed by atoms with Crippen molar-refractivity contribution in [2.45, 2.75) is 55.8 Å². The minimum Gasteiger partial charge on any atom is -0.397 e. The highest BCUT2D eigenvalue weighted by atomic mass is 32.2. The number of carbonyl (C=O) groups excluding carboxylic acids is 1. The summed E-state index contributed by atoms with van der Waals surface area (Å²) in [4.78, 5) is 18.4. The van der Waals surface area contributed by atoms with E-state index in [4.69, 9.17) is 5.73 Å². The minimum absolute atomic E-state index is 0.0700. The molecule has 0 radical (unpaired) electrons. The number of nitrogens with zero attached hydrogens (tertiary/aromatic N) is 4. The van der Waals surface area contributed by atoms with Crippen LogP contribution in [0.2, 0.25) is 0 Å². The van der Waals surface area contributed by atoms with Gasteiger partial charge in [-0.1, -0.05) is 24.6 Å². The molecule has 3 aromatic rings. The average Bonchev–Trinajstić information content (AvgIpc) is 3.10. The number of nitrogens with two attached hydrogens (primary N) is 1. The zero-order valence-electron chi connectivity index (χ0n) is 15.4. The van der Waals surface area contributed by atoms with Crippen LogP contribution >= 0.6 is 23.1 Å². The van der Waals surface area contributed by atoms with Gasteiger partial charge in [-0.2, -0.15) is 0 Å². The van der Waals surface area contributed by atoms with E-state index in [0.29, 0.717) is 23.5 Å². The third-order valence-corrected chi connectivity index (χ3v) is 7.41. The largest absolute Gasteiger partial charge is 0.397 e. The van der Waals surface area contributed by atoms with Crippen LogP contribution in [0.1, 0.15) is 44.6 Å². The number of thioether (sulfide) groups is 1. The first kappa shape index (κ1) is 17.9. The number of aromatic nitrogens is 4. The van der Waals surface area contributed by atoms with Crippen molar-refractivity contribution in [1.29, 1.82) is 0 Å². The summed E-state index contributed by atoms with van der Waals surface area (Å²) in [5.41, 5.74) is 7.16. The molecular formula is C19H22N6OS2. The molecule has 2 saturated carbocycles. The number of nitrogens with one attached hydrogen (secondary N) is 1. The highest BCUT2D eigenvalue weighted by Gasteiger charge is 2.28. The number of nitrogen functional groups attached to an aromatic ring is 1. The smallest absolute Gasteiger partial charge is 0.230 e. The molecule has 0 aliphatic heterocycles. The average molecular weight is 415 g/mol. The minimum atomic E-state index is 0.0700. The Bertz CT molecular complexity index is 1020. The quantitative estimate of drug-likeness (QED) is 0.598. The number of pyridine rings is 1. The molecule has 0 spiro atoms. The number of fused-ring (bicyclic) bond motifs is 1. The molecule has 2 fully saturated rings. The number of hydrogen-bond acceptors (Lipinski definition) is 7. The number of anilines is 1. The number of hydrogen-bond donors (Lipinski definition) is 2. The second-order valence-electron chi connectivity index (χ2n) is 7.45. The van der Waals surface area contributed by atoms with Crippen LogP contribution in [0.15, 0.2) is 23.5 Å². The lowest BCUT2D eigenvalue weighted by Gasteiger charge is -2.16. The normalized spacial score (nSPS) is 17.4. The van der Waals surface area contributed by atoms with Crippen LogP contribution < -0.4 is 11.1 Å². The summed E-state index contributed by atoms with van der Waals surface area (Å²) in [6.45, 7) is 0. The fraction of sp³-hybridized carbons (Fsp3) is 0.474. The molecule has 3 N–H and O–H groups in total. The standard InChI is InChI=1S/C19H22N6OS2/c20-15-13-6-3-9-21-18(13)28-16(15)17-23-24-19(25(17)12-4-1-2-5-12)27-10-14(26)22-11-7-8-11/h3,6,9,11-12H,1-2,4-5,7-8,10,20H2,(H,22,26). The fourth-order valence-corrected chi connectivity index (χ4v) is 5.63. The summed E-state index contributed by atoms with van der Waals surface area (Å²) >= 11 is 3.02. The third-order valence-electron chi connectivity index (χ3n) is 5.34. The maximum absolute atomic E-state index is 12.1. The van der Waals surface area contributed by atoms with Crippen LogP contribution in [0.5, 0.6) is 0 Å². The first-order chi connectivity index (χ1) is 13.7. The Labute approximate surface area is 171 Å². The molecule has 3 heterocycles. The molecule has 146 valence electrons. The van der Waals surface area contributed by atoms with Crippen molar-refractivity contribution in [2.75, 3.05) is 11.5 Å². The van der Waals surface area contributed by atoms with Gasteiger partial charge in [0.05, 0.1) is 16.3 Å². The Kier molecular flexibility index (Phi) is 4.72. The van der Waals surface area contributed by atoms with E-state index in [1.165, 1.54) is 24.6 Å². The Hall–Kier alpha value is -2.13. The Morgan fingerprint density at radius 2 is 2.11 bits per heavy atom. The van der Waals surface area contributed by atoms with E-state index in [1.807, 2.05) is 12.1 Å². The van der Waals surface area contributed by atoms with Crippen LogP contribution in [0.3, 0.4) is 0 Å². The van der Waals surface area contributed by atoms with Gasteiger partial charge in [0, 0.05) is 23.7 Å². The van der Waals surface area contributed by atoms with Crippen LogP contribution in [0.25, 0.3) is 20.9 Å². The number of amides is 1. The van der Waals surface area contributed by atoms with E-state index in [1.54, 1.807) is 17.5 Å². The van der Waals surface area contributed by atoms with Crippen LogP contribution in [-0.4, -0.2) is 37.5 Å². The van der Waals surface area contributed by atoms with Crippen LogP contribution in [0.4, 0.5) is 5.69 Å². The van der Waals surface area contributed by atoms with Crippen molar-refractivity contribution in [1.82, 2.24) is 25.1 Å². The lowest BCUT2D eigenvalue weighted by atomic mass is 10.2. The van der Waals surface area contributed by atoms with Gasteiger partial charge < -0.3 is 11.1 Å². The van der Waals surface area contributed by atoms with E-state index in [2.05, 4.69) is 25.1 Å². The van der Waals surface area contributed by atoms with E-state index in [0.717, 1.165) is 51.8 Å². The van der Waals surface area contributed by atoms with Crippen molar-refractivity contribution in [3.8, 4) is 10.7 Å². The summed E-state index contributed by atoms with van der Waals surface area (Å²) in [6.07, 6.45) is 8.60. The van der Waals surface area contributed by atoms with Crippen molar-refractivity contribution in [2.24, 2.45) is 0 Å². The highest BCUT2D eigenvalue weighted by Crippen LogP contribution is 2.43. The number of rotatable bonds is 6. The molecule has 0 atom stereocenters. The van der Waals surface area contributed by atoms with E-state index < -0.39 is 0 Å². The molecule has 1 amide bonds. The molecule has 9 heteroatoms. The van der Waals surface area contributed by atoms with E-state index >= 15 is 0 Å². The van der Waals surface area contributed by atoms with Gasteiger partial charge in [-0.3, -0.25) is 9.36 Å². The van der Waals surface area contributed by atoms with Gasteiger partial charge >= 0.3 is 0 Å². The summed E-state index contributed by atoms with van der Waals surface area (Å²) in [5, 5.41) is 13.7. The molecule has 0 bridgehead atoms. The molecule has 0 unspecified atom stereocenters. The summed E-state index contributed by atoms with van der Waals surface area (Å²) < 4.78 is 2.21. The molecular weight excluding hydrogens is 392 g/mol. The van der Waals surface area contributed by atoms with E-state index in [-0.39, 0.29) is 5.91 Å². The second-order valence-corrected chi connectivity index (χ2v) is 9.39. The lowest BCUT2D eigenvalue weighted by Crippen LogP contribution is -2.27. The molecule has 0 saturated heterocycles. The van der Waals surface area contributed by atoms with Gasteiger partial charge in [0.15, 0.2) is 11.0 Å². The lowest BCUT2D eigenvalue weighted by molar-refractivity contribution is -0.118. The Morgan fingerprint density at radius 1 is 1.29 bits per heavy atom. The summed E-state index contributed by atoms with van der Waals surface area (Å²) in [6, 6.07) is 4.63. The van der Waals surface area contributed by atoms with Gasteiger partial charge in [0.25, 0.3) is 0 Å². The monoisotopic (exact) mass is 414 g/mol. The first-order valence-corrected chi connectivity index (χ1v) is 11.5. The van der Waals surface area contributed by atoms with Gasteiger partial charge in [0.2, 0.25) is 5.91 Å². The maximum atomic E-state index is 12.1. The molecule has 7 nitrogen and oxygen atoms in total. The Balaban J connectivity index is 1.49. The van der Waals surface area contributed by atoms with Gasteiger partial charge in [-0.25, -0.2) is 4.98 Å². The van der Waals surface area contributed by atoms with Gasteiger partial charge in [-0.15, -0.1) is 21.5 Å². The molecule has 5 rings (SSSR count). The number of carbonyl (C=O) groups is 1. The predicted molar refractivity (Wildman–Crippen MR) is 112 cm³/mol. The van der Waals surface area contributed by atoms with Gasteiger partial charge in [-0.05, 0) is 37.8 Å². The van der Waals surface area contributed by atoms with Crippen molar-refractivity contribution in [3.05, 3.63) is 18.3 Å². The number of thiophene rings is 1. The van der Waals surface area contributed by atoms with Gasteiger partial charge in [0.1, 0.15) is 4.83 Å². The summed E-state index contributed by atoms with van der Waals surface area (Å²) in [7, 11) is 0. The molecule has 2 aliphatic rings. The second kappa shape index (κ2) is 7.36. The molecule has 3 aromatic heterocycles. The zero-order chi connectivity index (χ0) is 19.1. The molecule has 0 aromatic carbocycles. The molecule has 28 heavy (non-hydrogen) atoms. The van der Waals surface area contributed by atoms with Crippen molar-refractivity contribution < 1.29 is 4.79 Å². The topological polar surface area (TPSA) is 98.7 Å². The van der Waals surface area contributed by atoms with Crippen LogP contribution in [-0.2, 0) is 4.79 Å². The first-order valence-electron chi connectivity index (χ1n) is 9.71. The fourth-order valence-electron chi connectivity index (χ4n) is 3.77. The molecule has 2 aliphatic carbocycles.